The Morgan fingerprint density at radius 1 is 1.14 bits per heavy atom. The van der Waals surface area contributed by atoms with Crippen LogP contribution in [0.4, 0.5) is 24.5 Å². The highest BCUT2D eigenvalue weighted by molar-refractivity contribution is 6.06. The molecule has 4 nitrogen and oxygen atoms in total. The SMILES string of the molecule is CC(=O)N1CCc2ccc(NC(=O)c3ccc(C=CC(F)(F)F)cc3C)cc21. The van der Waals surface area contributed by atoms with Gasteiger partial charge in [-0.15, -0.1) is 0 Å². The monoisotopic (exact) mass is 388 g/mol. The zero-order chi connectivity index (χ0) is 20.5. The van der Waals surface area contributed by atoms with Crippen molar-refractivity contribution < 1.29 is 22.8 Å². The molecule has 0 atom stereocenters. The molecular weight excluding hydrogens is 369 g/mol. The van der Waals surface area contributed by atoms with E-state index >= 15 is 0 Å². The van der Waals surface area contributed by atoms with Crippen molar-refractivity contribution in [2.45, 2.75) is 26.4 Å². The number of hydrogen-bond donors (Lipinski definition) is 1. The van der Waals surface area contributed by atoms with Gasteiger partial charge >= 0.3 is 6.18 Å². The van der Waals surface area contributed by atoms with Crippen molar-refractivity contribution in [3.8, 4) is 0 Å². The molecule has 7 heteroatoms. The van der Waals surface area contributed by atoms with Crippen LogP contribution in [0.3, 0.4) is 0 Å². The summed E-state index contributed by atoms with van der Waals surface area (Å²) in [4.78, 5) is 26.0. The maximum absolute atomic E-state index is 12.6. The van der Waals surface area contributed by atoms with Gasteiger partial charge < -0.3 is 10.2 Å². The van der Waals surface area contributed by atoms with Gasteiger partial charge in [-0.25, -0.2) is 0 Å². The maximum Gasteiger partial charge on any atom is 0.409 e. The third-order valence-corrected chi connectivity index (χ3v) is 4.58. The van der Waals surface area contributed by atoms with Crippen LogP contribution in [0.15, 0.2) is 42.5 Å². The summed E-state index contributed by atoms with van der Waals surface area (Å²) in [7, 11) is 0. The Hall–Kier alpha value is -3.09. The zero-order valence-electron chi connectivity index (χ0n) is 15.4. The fraction of sp³-hybridized carbons (Fsp3) is 0.238. The standard InChI is InChI=1S/C21H19F3N2O2/c1-13-11-15(7-9-21(22,23)24)3-6-18(13)20(28)25-17-5-4-16-8-10-26(14(2)27)19(16)12-17/h3-7,9,11-12H,8,10H2,1-2H3,(H,25,28). The Labute approximate surface area is 160 Å². The molecule has 1 aliphatic rings. The number of fused-ring (bicyclic) bond motifs is 1. The molecule has 0 aliphatic carbocycles. The molecule has 0 saturated heterocycles. The van der Waals surface area contributed by atoms with E-state index in [0.717, 1.165) is 23.7 Å². The molecule has 0 radical (unpaired) electrons. The Kier molecular flexibility index (Phi) is 5.27. The van der Waals surface area contributed by atoms with Crippen LogP contribution in [0.2, 0.25) is 0 Å². The maximum atomic E-state index is 12.6. The third kappa shape index (κ3) is 4.42. The zero-order valence-corrected chi connectivity index (χ0v) is 15.4. The smallest absolute Gasteiger partial charge is 0.322 e. The number of nitrogens with zero attached hydrogens (tertiary/aromatic N) is 1. The van der Waals surface area contributed by atoms with E-state index in [1.165, 1.54) is 25.1 Å². The second-order valence-electron chi connectivity index (χ2n) is 6.67. The highest BCUT2D eigenvalue weighted by atomic mass is 19.4. The lowest BCUT2D eigenvalue weighted by Crippen LogP contribution is -2.25. The lowest BCUT2D eigenvalue weighted by Gasteiger charge is -2.16. The molecule has 0 spiro atoms. The van der Waals surface area contributed by atoms with Crippen LogP contribution < -0.4 is 10.2 Å². The van der Waals surface area contributed by atoms with Crippen molar-refractivity contribution in [2.24, 2.45) is 0 Å². The highest BCUT2D eigenvalue weighted by Gasteiger charge is 2.23. The van der Waals surface area contributed by atoms with Crippen LogP contribution in [-0.4, -0.2) is 24.5 Å². The quantitative estimate of drug-likeness (QED) is 0.826. The number of anilines is 2. The molecule has 1 heterocycles. The molecule has 0 saturated carbocycles. The first-order valence-corrected chi connectivity index (χ1v) is 8.73. The predicted octanol–water partition coefficient (Wildman–Crippen LogP) is 4.73. The van der Waals surface area contributed by atoms with Crippen LogP contribution in [0.1, 0.15) is 34.0 Å². The molecule has 28 heavy (non-hydrogen) atoms. The summed E-state index contributed by atoms with van der Waals surface area (Å²) in [5.74, 6) is -0.420. The number of carbonyl (C=O) groups is 2. The van der Waals surface area contributed by atoms with Gasteiger partial charge in [0, 0.05) is 36.5 Å². The van der Waals surface area contributed by atoms with Crippen LogP contribution in [0.5, 0.6) is 0 Å². The number of aryl methyl sites for hydroxylation is 1. The number of amides is 2. The van der Waals surface area contributed by atoms with Gasteiger partial charge in [0.2, 0.25) is 5.91 Å². The van der Waals surface area contributed by atoms with E-state index < -0.39 is 6.18 Å². The van der Waals surface area contributed by atoms with E-state index in [2.05, 4.69) is 5.32 Å². The average Bonchev–Trinajstić information content (AvgIpc) is 3.02. The van der Waals surface area contributed by atoms with Crippen LogP contribution in [0, 0.1) is 6.92 Å². The molecule has 2 amide bonds. The first-order valence-electron chi connectivity index (χ1n) is 8.73. The molecule has 0 bridgehead atoms. The average molecular weight is 388 g/mol. The molecule has 1 aliphatic heterocycles. The van der Waals surface area contributed by atoms with E-state index in [4.69, 9.17) is 0 Å². The van der Waals surface area contributed by atoms with Crippen molar-refractivity contribution >= 4 is 29.3 Å². The fourth-order valence-electron chi connectivity index (χ4n) is 3.22. The van der Waals surface area contributed by atoms with Gasteiger partial charge in [0.15, 0.2) is 0 Å². The van der Waals surface area contributed by atoms with Gasteiger partial charge in [-0.3, -0.25) is 9.59 Å². The normalized spacial score (nSPS) is 13.7. The van der Waals surface area contributed by atoms with E-state index in [9.17, 15) is 22.8 Å². The number of carbonyl (C=O) groups excluding carboxylic acids is 2. The number of alkyl halides is 3. The predicted molar refractivity (Wildman–Crippen MR) is 102 cm³/mol. The summed E-state index contributed by atoms with van der Waals surface area (Å²) < 4.78 is 36.9. The molecule has 0 aromatic heterocycles. The Bertz CT molecular complexity index is 965. The van der Waals surface area contributed by atoms with Gasteiger partial charge in [0.05, 0.1) is 0 Å². The minimum Gasteiger partial charge on any atom is -0.322 e. The number of benzene rings is 2. The van der Waals surface area contributed by atoms with Gasteiger partial charge in [-0.05, 0) is 48.2 Å². The highest BCUT2D eigenvalue weighted by Crippen LogP contribution is 2.31. The minimum absolute atomic E-state index is 0.0550. The summed E-state index contributed by atoms with van der Waals surface area (Å²) in [6.45, 7) is 3.78. The van der Waals surface area contributed by atoms with Crippen molar-refractivity contribution in [3.63, 3.8) is 0 Å². The van der Waals surface area contributed by atoms with Crippen LogP contribution in [0.25, 0.3) is 6.08 Å². The summed E-state index contributed by atoms with van der Waals surface area (Å²) in [5.41, 5.74) is 3.68. The topological polar surface area (TPSA) is 49.4 Å². The Morgan fingerprint density at radius 2 is 1.89 bits per heavy atom. The first-order chi connectivity index (χ1) is 13.1. The second kappa shape index (κ2) is 7.50. The van der Waals surface area contributed by atoms with Crippen molar-refractivity contribution in [1.82, 2.24) is 0 Å². The minimum atomic E-state index is -4.38. The van der Waals surface area contributed by atoms with Gasteiger partial charge in [0.25, 0.3) is 5.91 Å². The van der Waals surface area contributed by atoms with E-state index in [1.807, 2.05) is 6.07 Å². The van der Waals surface area contributed by atoms with Gasteiger partial charge in [0.1, 0.15) is 0 Å². The number of halogens is 3. The second-order valence-corrected chi connectivity index (χ2v) is 6.67. The lowest BCUT2D eigenvalue weighted by molar-refractivity contribution is -0.116. The van der Waals surface area contributed by atoms with E-state index in [1.54, 1.807) is 24.0 Å². The summed E-state index contributed by atoms with van der Waals surface area (Å²) >= 11 is 0. The van der Waals surface area contributed by atoms with Gasteiger partial charge in [-0.1, -0.05) is 24.3 Å². The Balaban J connectivity index is 1.78. The number of allylic oxidation sites excluding steroid dienone is 1. The lowest BCUT2D eigenvalue weighted by atomic mass is 10.0. The number of rotatable bonds is 3. The molecule has 0 fully saturated rings. The summed E-state index contributed by atoms with van der Waals surface area (Å²) in [6.07, 6.45) is -2.49. The van der Waals surface area contributed by atoms with E-state index in [0.29, 0.717) is 28.9 Å². The Morgan fingerprint density at radius 3 is 2.54 bits per heavy atom. The third-order valence-electron chi connectivity index (χ3n) is 4.58. The van der Waals surface area contributed by atoms with Gasteiger partial charge in [-0.2, -0.15) is 13.2 Å². The number of nitrogens with one attached hydrogen (secondary N) is 1. The molecule has 2 aromatic carbocycles. The fourth-order valence-corrected chi connectivity index (χ4v) is 3.22. The molecule has 2 aromatic rings. The largest absolute Gasteiger partial charge is 0.409 e. The molecule has 146 valence electrons. The molecule has 0 unspecified atom stereocenters. The van der Waals surface area contributed by atoms with Crippen molar-refractivity contribution in [2.75, 3.05) is 16.8 Å². The number of hydrogen-bond acceptors (Lipinski definition) is 2. The summed E-state index contributed by atoms with van der Waals surface area (Å²) in [5, 5.41) is 2.79. The van der Waals surface area contributed by atoms with Crippen molar-refractivity contribution in [1.29, 1.82) is 0 Å². The van der Waals surface area contributed by atoms with E-state index in [-0.39, 0.29) is 17.9 Å². The molecular formula is C21H19F3N2O2. The van der Waals surface area contributed by atoms with Crippen LogP contribution in [-0.2, 0) is 11.2 Å². The molecule has 1 N–H and O–H groups in total. The van der Waals surface area contributed by atoms with Crippen LogP contribution >= 0.6 is 0 Å². The molecule has 3 rings (SSSR count). The summed E-state index contributed by atoms with van der Waals surface area (Å²) in [6, 6.07) is 9.90. The van der Waals surface area contributed by atoms with Crippen molar-refractivity contribution in [3.05, 3.63) is 64.7 Å². The first kappa shape index (κ1) is 19.7.